The molecule has 0 aromatic heterocycles. The first-order valence-electron chi connectivity index (χ1n) is 9.73. The molecule has 1 aliphatic heterocycles. The molecule has 0 spiro atoms. The van der Waals surface area contributed by atoms with Crippen LogP contribution in [0.1, 0.15) is 84.4 Å². The average molecular weight is 375 g/mol. The summed E-state index contributed by atoms with van der Waals surface area (Å²) in [6.07, 6.45) is 6.26. The van der Waals surface area contributed by atoms with Crippen molar-refractivity contribution in [2.24, 2.45) is 0 Å². The van der Waals surface area contributed by atoms with E-state index in [4.69, 9.17) is 9.84 Å². The zero-order chi connectivity index (χ0) is 20.6. The first-order valence-corrected chi connectivity index (χ1v) is 9.73. The van der Waals surface area contributed by atoms with Gasteiger partial charge in [0.1, 0.15) is 17.1 Å². The summed E-state index contributed by atoms with van der Waals surface area (Å²) < 4.78 is 6.33. The van der Waals surface area contributed by atoms with Gasteiger partial charge in [-0.3, -0.25) is 4.79 Å². The number of phenols is 1. The number of carboxylic acid groups (broad SMARTS) is 1. The standard InChI is InChI=1S/C23H34O4/c1-21(2,3)16-13-17-15(19(20(16)26)22(4,5)6)14-23(7,27-17)12-10-8-9-11-18(24)25/h10,12-13,26H,8-9,11,14H2,1-7H3,(H,24,25). The van der Waals surface area contributed by atoms with Crippen LogP contribution >= 0.6 is 0 Å². The third-order valence-corrected chi connectivity index (χ3v) is 5.03. The third kappa shape index (κ3) is 4.85. The number of rotatable bonds is 5. The van der Waals surface area contributed by atoms with Gasteiger partial charge in [-0.15, -0.1) is 0 Å². The number of benzene rings is 1. The van der Waals surface area contributed by atoms with Crippen LogP contribution in [-0.2, 0) is 22.0 Å². The fraction of sp³-hybridized carbons (Fsp3) is 0.609. The second kappa shape index (κ2) is 7.21. The van der Waals surface area contributed by atoms with Gasteiger partial charge < -0.3 is 14.9 Å². The Morgan fingerprint density at radius 3 is 2.37 bits per heavy atom. The van der Waals surface area contributed by atoms with E-state index in [1.807, 2.05) is 25.1 Å². The molecule has 27 heavy (non-hydrogen) atoms. The summed E-state index contributed by atoms with van der Waals surface area (Å²) in [4.78, 5) is 10.6. The number of ether oxygens (including phenoxy) is 1. The normalized spacial score (nSPS) is 20.0. The van der Waals surface area contributed by atoms with E-state index >= 15 is 0 Å². The maximum absolute atomic E-state index is 11.1. The number of fused-ring (bicyclic) bond motifs is 1. The van der Waals surface area contributed by atoms with Crippen molar-refractivity contribution in [1.29, 1.82) is 0 Å². The smallest absolute Gasteiger partial charge is 0.303 e. The molecule has 0 bridgehead atoms. The SMILES string of the molecule is CC1(C=CCCCC(=O)O)Cc2c(cc(C(C)(C)C)c(O)c2C(C)(C)C)O1. The number of phenolic OH excluding ortho intramolecular Hbond substituents is 1. The van der Waals surface area contributed by atoms with E-state index < -0.39 is 11.6 Å². The second-order valence-corrected chi connectivity index (χ2v) is 9.90. The van der Waals surface area contributed by atoms with E-state index in [-0.39, 0.29) is 17.3 Å². The summed E-state index contributed by atoms with van der Waals surface area (Å²) in [6.45, 7) is 14.7. The zero-order valence-corrected chi connectivity index (χ0v) is 17.8. The molecule has 4 heteroatoms. The lowest BCUT2D eigenvalue weighted by atomic mass is 9.76. The average Bonchev–Trinajstić information content (AvgIpc) is 2.79. The van der Waals surface area contributed by atoms with E-state index in [0.717, 1.165) is 22.4 Å². The lowest BCUT2D eigenvalue weighted by molar-refractivity contribution is -0.137. The highest BCUT2D eigenvalue weighted by atomic mass is 16.5. The monoisotopic (exact) mass is 374 g/mol. The van der Waals surface area contributed by atoms with Crippen molar-refractivity contribution in [3.63, 3.8) is 0 Å². The quantitative estimate of drug-likeness (QED) is 0.528. The molecule has 1 unspecified atom stereocenters. The minimum Gasteiger partial charge on any atom is -0.507 e. The molecule has 150 valence electrons. The second-order valence-electron chi connectivity index (χ2n) is 9.90. The molecule has 2 rings (SSSR count). The lowest BCUT2D eigenvalue weighted by Gasteiger charge is -2.29. The Hall–Kier alpha value is -1.97. The van der Waals surface area contributed by atoms with Gasteiger partial charge in [0.05, 0.1) is 0 Å². The van der Waals surface area contributed by atoms with E-state index in [2.05, 4.69) is 41.5 Å². The van der Waals surface area contributed by atoms with E-state index in [1.54, 1.807) is 0 Å². The van der Waals surface area contributed by atoms with Gasteiger partial charge in [-0.05, 0) is 42.7 Å². The van der Waals surface area contributed by atoms with Crippen LogP contribution < -0.4 is 4.74 Å². The van der Waals surface area contributed by atoms with Crippen LogP contribution in [0, 0.1) is 0 Å². The maximum Gasteiger partial charge on any atom is 0.303 e. The number of carboxylic acids is 1. The first-order chi connectivity index (χ1) is 12.2. The van der Waals surface area contributed by atoms with Crippen LogP contribution in [0.2, 0.25) is 0 Å². The van der Waals surface area contributed by atoms with Crippen LogP contribution in [0.5, 0.6) is 11.5 Å². The van der Waals surface area contributed by atoms with Crippen LogP contribution in [0.4, 0.5) is 0 Å². The summed E-state index contributed by atoms with van der Waals surface area (Å²) in [5.41, 5.74) is 2.08. The van der Waals surface area contributed by atoms with Gasteiger partial charge in [-0.2, -0.15) is 0 Å². The molecular formula is C23H34O4. The van der Waals surface area contributed by atoms with Crippen molar-refractivity contribution in [3.05, 3.63) is 34.9 Å². The van der Waals surface area contributed by atoms with Gasteiger partial charge in [0.25, 0.3) is 0 Å². The van der Waals surface area contributed by atoms with Gasteiger partial charge >= 0.3 is 5.97 Å². The molecule has 0 radical (unpaired) electrons. The number of carbonyl (C=O) groups is 1. The molecule has 0 saturated heterocycles. The highest BCUT2D eigenvalue weighted by Crippen LogP contribution is 2.49. The summed E-state index contributed by atoms with van der Waals surface area (Å²) >= 11 is 0. The molecule has 1 aliphatic rings. The lowest BCUT2D eigenvalue weighted by Crippen LogP contribution is -2.27. The van der Waals surface area contributed by atoms with Crippen LogP contribution in [0.3, 0.4) is 0 Å². The van der Waals surface area contributed by atoms with Gasteiger partial charge in [0, 0.05) is 29.5 Å². The molecule has 0 fully saturated rings. The minimum absolute atomic E-state index is 0.180. The van der Waals surface area contributed by atoms with Crippen LogP contribution in [0.25, 0.3) is 0 Å². The Bertz CT molecular complexity index is 747. The molecule has 1 heterocycles. The first kappa shape index (κ1) is 21.3. The van der Waals surface area contributed by atoms with Crippen molar-refractivity contribution in [2.75, 3.05) is 0 Å². The number of hydrogen-bond acceptors (Lipinski definition) is 3. The molecule has 1 aromatic carbocycles. The zero-order valence-electron chi connectivity index (χ0n) is 17.8. The largest absolute Gasteiger partial charge is 0.507 e. The molecule has 4 nitrogen and oxygen atoms in total. The van der Waals surface area contributed by atoms with Crippen LogP contribution in [0.15, 0.2) is 18.2 Å². The summed E-state index contributed by atoms with van der Waals surface area (Å²) in [7, 11) is 0. The van der Waals surface area contributed by atoms with Crippen molar-refractivity contribution < 1.29 is 19.7 Å². The molecule has 2 N–H and O–H groups in total. The Morgan fingerprint density at radius 1 is 1.22 bits per heavy atom. The highest BCUT2D eigenvalue weighted by molar-refractivity contribution is 5.66. The van der Waals surface area contributed by atoms with E-state index in [0.29, 0.717) is 25.0 Å². The Balaban J connectivity index is 2.37. The number of aliphatic carboxylic acids is 1. The van der Waals surface area contributed by atoms with Crippen LogP contribution in [-0.4, -0.2) is 21.8 Å². The van der Waals surface area contributed by atoms with E-state index in [9.17, 15) is 9.90 Å². The molecule has 1 atom stereocenters. The van der Waals surface area contributed by atoms with Crippen molar-refractivity contribution in [3.8, 4) is 11.5 Å². The number of aromatic hydroxyl groups is 1. The maximum atomic E-state index is 11.1. The van der Waals surface area contributed by atoms with Gasteiger partial charge in [-0.25, -0.2) is 0 Å². The Labute approximate surface area is 163 Å². The van der Waals surface area contributed by atoms with Crippen molar-refractivity contribution in [1.82, 2.24) is 0 Å². The Morgan fingerprint density at radius 2 is 1.85 bits per heavy atom. The van der Waals surface area contributed by atoms with Gasteiger partial charge in [0.2, 0.25) is 0 Å². The third-order valence-electron chi connectivity index (χ3n) is 5.03. The molecular weight excluding hydrogens is 340 g/mol. The molecule has 0 saturated carbocycles. The number of allylic oxidation sites excluding steroid dienone is 1. The molecule has 0 amide bonds. The summed E-state index contributed by atoms with van der Waals surface area (Å²) in [5, 5.41) is 19.8. The summed E-state index contributed by atoms with van der Waals surface area (Å²) in [6, 6.07) is 1.99. The highest BCUT2D eigenvalue weighted by Gasteiger charge is 2.39. The van der Waals surface area contributed by atoms with Crippen molar-refractivity contribution >= 4 is 5.97 Å². The van der Waals surface area contributed by atoms with Gasteiger partial charge in [-0.1, -0.05) is 47.6 Å². The predicted molar refractivity (Wildman–Crippen MR) is 109 cm³/mol. The molecule has 1 aromatic rings. The van der Waals surface area contributed by atoms with Gasteiger partial charge in [0.15, 0.2) is 0 Å². The topological polar surface area (TPSA) is 66.8 Å². The number of unbranched alkanes of at least 4 members (excludes halogenated alkanes) is 1. The molecule has 0 aliphatic carbocycles. The Kier molecular flexibility index (Phi) is 5.70. The van der Waals surface area contributed by atoms with Crippen molar-refractivity contribution in [2.45, 2.75) is 90.6 Å². The van der Waals surface area contributed by atoms with E-state index in [1.165, 1.54) is 0 Å². The minimum atomic E-state index is -0.765. The summed E-state index contributed by atoms with van der Waals surface area (Å²) in [5.74, 6) is 0.464. The predicted octanol–water partition coefficient (Wildman–Crippen LogP) is 5.49. The fourth-order valence-electron chi connectivity index (χ4n) is 3.77. The fourth-order valence-corrected chi connectivity index (χ4v) is 3.77. The number of hydrogen-bond donors (Lipinski definition) is 2.